The monoisotopic (exact) mass is 260 g/mol. The highest BCUT2D eigenvalue weighted by molar-refractivity contribution is 5.94. The zero-order valence-corrected chi connectivity index (χ0v) is 11.9. The normalized spacial score (nSPS) is 23.4. The zero-order valence-electron chi connectivity index (χ0n) is 11.9. The van der Waals surface area contributed by atoms with Gasteiger partial charge < -0.3 is 10.6 Å². The molecule has 1 aromatic carbocycles. The summed E-state index contributed by atoms with van der Waals surface area (Å²) < 4.78 is 0. The maximum atomic E-state index is 12.5. The van der Waals surface area contributed by atoms with Gasteiger partial charge in [-0.3, -0.25) is 4.79 Å². The van der Waals surface area contributed by atoms with E-state index in [-0.39, 0.29) is 11.9 Å². The molecule has 3 heteroatoms. The molecule has 2 atom stereocenters. The zero-order chi connectivity index (χ0) is 13.8. The van der Waals surface area contributed by atoms with Crippen molar-refractivity contribution in [3.63, 3.8) is 0 Å². The number of aryl methyl sites for hydroxylation is 1. The minimum Gasteiger partial charge on any atom is -0.338 e. The summed E-state index contributed by atoms with van der Waals surface area (Å²) in [6, 6.07) is 8.21. The maximum absolute atomic E-state index is 12.5. The van der Waals surface area contributed by atoms with Crippen molar-refractivity contribution < 1.29 is 4.79 Å². The van der Waals surface area contributed by atoms with E-state index in [0.717, 1.165) is 37.9 Å². The van der Waals surface area contributed by atoms with Crippen LogP contribution in [0.3, 0.4) is 0 Å². The molecule has 0 saturated carbocycles. The Bertz CT molecular complexity index is 427. The van der Waals surface area contributed by atoms with E-state index in [2.05, 4.69) is 13.8 Å². The van der Waals surface area contributed by atoms with Crippen molar-refractivity contribution in [1.29, 1.82) is 0 Å². The van der Waals surface area contributed by atoms with Gasteiger partial charge in [-0.1, -0.05) is 32.4 Å². The molecular formula is C16H24N2O. The molecule has 1 aliphatic rings. The summed E-state index contributed by atoms with van der Waals surface area (Å²) >= 11 is 0. The molecule has 1 fully saturated rings. The molecule has 0 aromatic heterocycles. The van der Waals surface area contributed by atoms with Crippen LogP contribution in [0.5, 0.6) is 0 Å². The summed E-state index contributed by atoms with van der Waals surface area (Å²) in [6.07, 6.45) is 2.96. The van der Waals surface area contributed by atoms with Crippen LogP contribution in [0.25, 0.3) is 0 Å². The number of hydrogen-bond acceptors (Lipinski definition) is 2. The Kier molecular flexibility index (Phi) is 4.59. The molecule has 2 unspecified atom stereocenters. The Morgan fingerprint density at radius 2 is 2.00 bits per heavy atom. The number of likely N-dealkylation sites (tertiary alicyclic amines) is 1. The Morgan fingerprint density at radius 1 is 1.32 bits per heavy atom. The first-order chi connectivity index (χ1) is 9.15. The van der Waals surface area contributed by atoms with Crippen molar-refractivity contribution in [3.8, 4) is 0 Å². The number of piperidine rings is 1. The summed E-state index contributed by atoms with van der Waals surface area (Å²) in [4.78, 5) is 14.4. The number of nitrogens with two attached hydrogens (primary N) is 1. The van der Waals surface area contributed by atoms with Crippen LogP contribution in [0, 0.1) is 5.92 Å². The van der Waals surface area contributed by atoms with Crippen LogP contribution in [0.2, 0.25) is 0 Å². The highest BCUT2D eigenvalue weighted by Gasteiger charge is 2.28. The lowest BCUT2D eigenvalue weighted by Crippen LogP contribution is -2.49. The first-order valence-electron chi connectivity index (χ1n) is 7.29. The van der Waals surface area contributed by atoms with Crippen molar-refractivity contribution in [3.05, 3.63) is 35.4 Å². The molecule has 1 heterocycles. The minimum absolute atomic E-state index is 0.146. The third-order valence-electron chi connectivity index (χ3n) is 4.21. The Balaban J connectivity index is 2.06. The molecule has 2 rings (SSSR count). The Hall–Kier alpha value is -1.35. The lowest BCUT2D eigenvalue weighted by atomic mass is 9.90. The van der Waals surface area contributed by atoms with Gasteiger partial charge in [0.1, 0.15) is 0 Å². The molecule has 2 N–H and O–H groups in total. The fourth-order valence-electron chi connectivity index (χ4n) is 2.73. The lowest BCUT2D eigenvalue weighted by molar-refractivity contribution is 0.0649. The van der Waals surface area contributed by atoms with E-state index in [1.807, 2.05) is 29.2 Å². The van der Waals surface area contributed by atoms with Crippen LogP contribution in [0.15, 0.2) is 24.3 Å². The summed E-state index contributed by atoms with van der Waals surface area (Å²) in [7, 11) is 0. The quantitative estimate of drug-likeness (QED) is 0.907. The molecule has 1 amide bonds. The van der Waals surface area contributed by atoms with E-state index < -0.39 is 0 Å². The van der Waals surface area contributed by atoms with Crippen molar-refractivity contribution >= 4 is 5.91 Å². The first kappa shape index (κ1) is 14.1. The standard InChI is InChI=1S/C16H24N2O/c1-3-12-5-7-14(8-6-12)16(19)18-10-9-15(17)13(4-2)11-18/h5-8,13,15H,3-4,9-11,17H2,1-2H3. The third-order valence-corrected chi connectivity index (χ3v) is 4.21. The second kappa shape index (κ2) is 6.20. The van der Waals surface area contributed by atoms with E-state index in [1.54, 1.807) is 0 Å². The second-order valence-corrected chi connectivity index (χ2v) is 5.42. The Labute approximate surface area is 115 Å². The van der Waals surface area contributed by atoms with E-state index in [4.69, 9.17) is 5.73 Å². The van der Waals surface area contributed by atoms with Crippen LogP contribution in [-0.2, 0) is 6.42 Å². The number of amides is 1. The number of nitrogens with zero attached hydrogens (tertiary/aromatic N) is 1. The van der Waals surface area contributed by atoms with Gasteiger partial charge in [-0.25, -0.2) is 0 Å². The molecule has 0 aliphatic carbocycles. The number of carbonyl (C=O) groups is 1. The van der Waals surface area contributed by atoms with Gasteiger partial charge in [-0.15, -0.1) is 0 Å². The van der Waals surface area contributed by atoms with Gasteiger partial charge in [0.15, 0.2) is 0 Å². The topological polar surface area (TPSA) is 46.3 Å². The number of rotatable bonds is 3. The van der Waals surface area contributed by atoms with Gasteiger partial charge in [0.25, 0.3) is 5.91 Å². The van der Waals surface area contributed by atoms with Gasteiger partial charge >= 0.3 is 0 Å². The summed E-state index contributed by atoms with van der Waals surface area (Å²) in [5.74, 6) is 0.584. The van der Waals surface area contributed by atoms with Gasteiger partial charge in [0, 0.05) is 24.7 Å². The fraction of sp³-hybridized carbons (Fsp3) is 0.562. The molecule has 0 bridgehead atoms. The van der Waals surface area contributed by atoms with Gasteiger partial charge in [-0.2, -0.15) is 0 Å². The summed E-state index contributed by atoms with van der Waals surface area (Å²) in [5.41, 5.74) is 8.15. The molecule has 0 spiro atoms. The molecule has 1 aliphatic heterocycles. The van der Waals surface area contributed by atoms with E-state index in [9.17, 15) is 4.79 Å². The predicted octanol–water partition coefficient (Wildman–Crippen LogP) is 2.45. The van der Waals surface area contributed by atoms with Crippen LogP contribution in [0.4, 0.5) is 0 Å². The molecule has 104 valence electrons. The lowest BCUT2D eigenvalue weighted by Gasteiger charge is -2.36. The van der Waals surface area contributed by atoms with Crippen LogP contribution >= 0.6 is 0 Å². The smallest absolute Gasteiger partial charge is 0.253 e. The number of hydrogen-bond donors (Lipinski definition) is 1. The van der Waals surface area contributed by atoms with E-state index in [1.165, 1.54) is 5.56 Å². The summed E-state index contributed by atoms with van der Waals surface area (Å²) in [6.45, 7) is 5.85. The average molecular weight is 260 g/mol. The fourth-order valence-corrected chi connectivity index (χ4v) is 2.73. The number of carbonyl (C=O) groups excluding carboxylic acids is 1. The molecule has 3 nitrogen and oxygen atoms in total. The Morgan fingerprint density at radius 3 is 2.58 bits per heavy atom. The largest absolute Gasteiger partial charge is 0.338 e. The molecule has 1 saturated heterocycles. The van der Waals surface area contributed by atoms with Gasteiger partial charge in [-0.05, 0) is 36.5 Å². The average Bonchev–Trinajstić information content (AvgIpc) is 2.47. The second-order valence-electron chi connectivity index (χ2n) is 5.42. The van der Waals surface area contributed by atoms with E-state index >= 15 is 0 Å². The van der Waals surface area contributed by atoms with Crippen LogP contribution in [0.1, 0.15) is 42.6 Å². The minimum atomic E-state index is 0.146. The van der Waals surface area contributed by atoms with Gasteiger partial charge in [0.2, 0.25) is 0 Å². The van der Waals surface area contributed by atoms with Gasteiger partial charge in [0.05, 0.1) is 0 Å². The highest BCUT2D eigenvalue weighted by atomic mass is 16.2. The SMILES string of the molecule is CCc1ccc(C(=O)N2CCC(N)C(CC)C2)cc1. The predicted molar refractivity (Wildman–Crippen MR) is 78.1 cm³/mol. The highest BCUT2D eigenvalue weighted by Crippen LogP contribution is 2.20. The van der Waals surface area contributed by atoms with Crippen LogP contribution < -0.4 is 5.73 Å². The molecule has 0 radical (unpaired) electrons. The van der Waals surface area contributed by atoms with Crippen molar-refractivity contribution in [1.82, 2.24) is 4.90 Å². The molecular weight excluding hydrogens is 236 g/mol. The van der Waals surface area contributed by atoms with Crippen molar-refractivity contribution in [2.24, 2.45) is 11.7 Å². The van der Waals surface area contributed by atoms with Crippen molar-refractivity contribution in [2.75, 3.05) is 13.1 Å². The third kappa shape index (κ3) is 3.16. The van der Waals surface area contributed by atoms with Crippen molar-refractivity contribution in [2.45, 2.75) is 39.2 Å². The van der Waals surface area contributed by atoms with Crippen LogP contribution in [-0.4, -0.2) is 29.9 Å². The van der Waals surface area contributed by atoms with E-state index in [0.29, 0.717) is 5.92 Å². The summed E-state index contributed by atoms with van der Waals surface area (Å²) in [5, 5.41) is 0. The number of benzene rings is 1. The maximum Gasteiger partial charge on any atom is 0.253 e. The molecule has 1 aromatic rings. The first-order valence-corrected chi connectivity index (χ1v) is 7.29. The molecule has 19 heavy (non-hydrogen) atoms.